The molecule has 0 aromatic carbocycles. The third-order valence-corrected chi connectivity index (χ3v) is 3.57. The maximum atomic E-state index is 4.78. The first-order valence-corrected chi connectivity index (χ1v) is 8.48. The molecular weight excluding hydrogens is 258 g/mol. The molecule has 0 aliphatic rings. The third kappa shape index (κ3) is 7.35. The number of hydrogen-bond donors (Lipinski definition) is 1. The minimum Gasteiger partial charge on any atom is -0.370 e. The van der Waals surface area contributed by atoms with Gasteiger partial charge < -0.3 is 10.2 Å². The van der Waals surface area contributed by atoms with Gasteiger partial charge >= 0.3 is 0 Å². The van der Waals surface area contributed by atoms with E-state index in [-0.39, 0.29) is 0 Å². The minimum atomic E-state index is 0.730. The highest BCUT2D eigenvalue weighted by Gasteiger charge is 2.10. The lowest BCUT2D eigenvalue weighted by atomic mass is 10.1. The third-order valence-electron chi connectivity index (χ3n) is 3.57. The molecule has 0 aliphatic carbocycles. The summed E-state index contributed by atoms with van der Waals surface area (Å²) in [6.45, 7) is 14.5. The van der Waals surface area contributed by atoms with Crippen molar-refractivity contribution in [2.75, 3.05) is 29.9 Å². The van der Waals surface area contributed by atoms with Gasteiger partial charge in [0.1, 0.15) is 11.6 Å². The highest BCUT2D eigenvalue weighted by molar-refractivity contribution is 5.47. The fourth-order valence-electron chi connectivity index (χ4n) is 2.12. The predicted octanol–water partition coefficient (Wildman–Crippen LogP) is 4.80. The van der Waals surface area contributed by atoms with Gasteiger partial charge in [-0.2, -0.15) is 0 Å². The van der Waals surface area contributed by atoms with Gasteiger partial charge in [0, 0.05) is 19.6 Å². The summed E-state index contributed by atoms with van der Waals surface area (Å²) in [5.41, 5.74) is 0. The molecule has 3 heteroatoms. The van der Waals surface area contributed by atoms with Gasteiger partial charge in [-0.3, -0.25) is 0 Å². The molecule has 1 aromatic heterocycles. The summed E-state index contributed by atoms with van der Waals surface area (Å²) in [7, 11) is 0. The molecule has 0 spiro atoms. The van der Waals surface area contributed by atoms with Crippen LogP contribution in [0.1, 0.15) is 53.9 Å². The Labute approximate surface area is 131 Å². The fraction of sp³-hybridized carbons (Fsp3) is 0.722. The van der Waals surface area contributed by atoms with Gasteiger partial charge in [-0.1, -0.05) is 40.7 Å². The van der Waals surface area contributed by atoms with Crippen molar-refractivity contribution >= 4 is 11.6 Å². The van der Waals surface area contributed by atoms with Crippen molar-refractivity contribution in [1.82, 2.24) is 4.98 Å². The molecule has 0 unspecified atom stereocenters. The number of nitrogens with zero attached hydrogens (tertiary/aromatic N) is 2. The van der Waals surface area contributed by atoms with E-state index in [1.807, 2.05) is 0 Å². The Balaban J connectivity index is 2.74. The van der Waals surface area contributed by atoms with Crippen LogP contribution in [0.3, 0.4) is 0 Å². The molecule has 0 aliphatic heterocycles. The summed E-state index contributed by atoms with van der Waals surface area (Å²) in [5.74, 6) is 3.56. The summed E-state index contributed by atoms with van der Waals surface area (Å²) >= 11 is 0. The van der Waals surface area contributed by atoms with E-state index in [2.05, 4.69) is 63.0 Å². The number of anilines is 2. The molecule has 1 aromatic rings. The average molecular weight is 291 g/mol. The van der Waals surface area contributed by atoms with Crippen LogP contribution in [0.5, 0.6) is 0 Å². The summed E-state index contributed by atoms with van der Waals surface area (Å²) in [4.78, 5) is 7.22. The standard InChI is InChI=1S/C18H33N3/c1-6-12-19-17-8-7-9-18(20-17)21(13-10-15(2)3)14-11-16(4)5/h7-9,15-16H,6,10-14H2,1-5H3,(H,19,20). The molecule has 0 fully saturated rings. The van der Waals surface area contributed by atoms with Crippen molar-refractivity contribution in [3.8, 4) is 0 Å². The van der Waals surface area contributed by atoms with Crippen molar-refractivity contribution in [2.24, 2.45) is 11.8 Å². The number of pyridine rings is 1. The molecule has 0 atom stereocenters. The second-order valence-corrected chi connectivity index (χ2v) is 6.66. The Hall–Kier alpha value is -1.25. The lowest BCUT2D eigenvalue weighted by Gasteiger charge is -2.26. The molecule has 0 saturated heterocycles. The average Bonchev–Trinajstić information content (AvgIpc) is 2.45. The molecule has 3 nitrogen and oxygen atoms in total. The van der Waals surface area contributed by atoms with Gasteiger partial charge in [-0.15, -0.1) is 0 Å². The van der Waals surface area contributed by atoms with Gasteiger partial charge in [-0.05, 0) is 43.2 Å². The van der Waals surface area contributed by atoms with E-state index in [1.54, 1.807) is 0 Å². The Morgan fingerprint density at radius 3 is 2.19 bits per heavy atom. The van der Waals surface area contributed by atoms with Crippen LogP contribution < -0.4 is 10.2 Å². The molecule has 0 amide bonds. The Morgan fingerprint density at radius 1 is 1.05 bits per heavy atom. The first-order valence-electron chi connectivity index (χ1n) is 8.48. The smallest absolute Gasteiger partial charge is 0.130 e. The Morgan fingerprint density at radius 2 is 1.67 bits per heavy atom. The topological polar surface area (TPSA) is 28.2 Å². The van der Waals surface area contributed by atoms with Crippen molar-refractivity contribution in [1.29, 1.82) is 0 Å². The molecule has 0 saturated carbocycles. The first kappa shape index (κ1) is 17.8. The fourth-order valence-corrected chi connectivity index (χ4v) is 2.12. The molecule has 0 bridgehead atoms. The largest absolute Gasteiger partial charge is 0.370 e. The summed E-state index contributed by atoms with van der Waals surface area (Å²) in [5, 5.41) is 3.38. The van der Waals surface area contributed by atoms with Crippen LogP contribution >= 0.6 is 0 Å². The van der Waals surface area contributed by atoms with Crippen LogP contribution in [0.4, 0.5) is 11.6 Å². The summed E-state index contributed by atoms with van der Waals surface area (Å²) < 4.78 is 0. The van der Waals surface area contributed by atoms with E-state index in [0.717, 1.165) is 49.5 Å². The molecule has 120 valence electrons. The number of rotatable bonds is 10. The highest BCUT2D eigenvalue weighted by atomic mass is 15.2. The lowest BCUT2D eigenvalue weighted by molar-refractivity contribution is 0.533. The van der Waals surface area contributed by atoms with Crippen LogP contribution in [0.2, 0.25) is 0 Å². The van der Waals surface area contributed by atoms with Crippen molar-refractivity contribution in [2.45, 2.75) is 53.9 Å². The highest BCUT2D eigenvalue weighted by Crippen LogP contribution is 2.17. The minimum absolute atomic E-state index is 0.730. The van der Waals surface area contributed by atoms with Gasteiger partial charge in [0.15, 0.2) is 0 Å². The lowest BCUT2D eigenvalue weighted by Crippen LogP contribution is -2.28. The van der Waals surface area contributed by atoms with E-state index in [0.29, 0.717) is 0 Å². The molecule has 1 rings (SSSR count). The zero-order chi connectivity index (χ0) is 15.7. The second kappa shape index (κ2) is 9.64. The quantitative estimate of drug-likeness (QED) is 0.671. The molecule has 21 heavy (non-hydrogen) atoms. The van der Waals surface area contributed by atoms with Crippen molar-refractivity contribution in [3.63, 3.8) is 0 Å². The number of aromatic nitrogens is 1. The molecule has 1 heterocycles. The van der Waals surface area contributed by atoms with E-state index in [9.17, 15) is 0 Å². The van der Waals surface area contributed by atoms with Crippen LogP contribution in [-0.4, -0.2) is 24.6 Å². The maximum Gasteiger partial charge on any atom is 0.130 e. The van der Waals surface area contributed by atoms with Gasteiger partial charge in [-0.25, -0.2) is 4.98 Å². The second-order valence-electron chi connectivity index (χ2n) is 6.66. The van der Waals surface area contributed by atoms with Gasteiger partial charge in [0.2, 0.25) is 0 Å². The summed E-state index contributed by atoms with van der Waals surface area (Å²) in [6.07, 6.45) is 3.55. The number of hydrogen-bond acceptors (Lipinski definition) is 3. The van der Waals surface area contributed by atoms with Gasteiger partial charge in [0.25, 0.3) is 0 Å². The molecule has 0 radical (unpaired) electrons. The normalized spacial score (nSPS) is 11.2. The van der Waals surface area contributed by atoms with Crippen LogP contribution in [0.15, 0.2) is 18.2 Å². The van der Waals surface area contributed by atoms with E-state index >= 15 is 0 Å². The number of nitrogens with one attached hydrogen (secondary N) is 1. The maximum absolute atomic E-state index is 4.78. The summed E-state index contributed by atoms with van der Waals surface area (Å²) in [6, 6.07) is 6.30. The van der Waals surface area contributed by atoms with Crippen molar-refractivity contribution in [3.05, 3.63) is 18.2 Å². The predicted molar refractivity (Wildman–Crippen MR) is 94.1 cm³/mol. The van der Waals surface area contributed by atoms with Crippen LogP contribution in [0, 0.1) is 11.8 Å². The zero-order valence-corrected chi connectivity index (χ0v) is 14.5. The SMILES string of the molecule is CCCNc1cccc(N(CCC(C)C)CCC(C)C)n1. The Kier molecular flexibility index (Phi) is 8.17. The van der Waals surface area contributed by atoms with Crippen LogP contribution in [-0.2, 0) is 0 Å². The zero-order valence-electron chi connectivity index (χ0n) is 14.5. The Bertz CT molecular complexity index is 376. The van der Waals surface area contributed by atoms with E-state index in [1.165, 1.54) is 12.8 Å². The van der Waals surface area contributed by atoms with E-state index in [4.69, 9.17) is 4.98 Å². The van der Waals surface area contributed by atoms with Gasteiger partial charge in [0.05, 0.1) is 0 Å². The first-order chi connectivity index (χ1) is 10.0. The molecular formula is C18H33N3. The van der Waals surface area contributed by atoms with Crippen LogP contribution in [0.25, 0.3) is 0 Å². The molecule has 1 N–H and O–H groups in total. The monoisotopic (exact) mass is 291 g/mol. The van der Waals surface area contributed by atoms with Crippen molar-refractivity contribution < 1.29 is 0 Å². The van der Waals surface area contributed by atoms with E-state index < -0.39 is 0 Å².